The lowest BCUT2D eigenvalue weighted by molar-refractivity contribution is 1.18. The summed E-state index contributed by atoms with van der Waals surface area (Å²) in [6, 6.07) is 61.4. The molecular formula is C42H28N2S. The molecule has 2 heterocycles. The molecule has 2 nitrogen and oxygen atoms in total. The second-order valence-corrected chi connectivity index (χ2v) is 12.4. The molecule has 0 saturated heterocycles. The third-order valence-electron chi connectivity index (χ3n) is 8.76. The average molecular weight is 593 g/mol. The van der Waals surface area contributed by atoms with Crippen LogP contribution in [0.3, 0.4) is 0 Å². The van der Waals surface area contributed by atoms with Crippen molar-refractivity contribution in [2.24, 2.45) is 0 Å². The van der Waals surface area contributed by atoms with E-state index in [0.29, 0.717) is 0 Å². The third kappa shape index (κ3) is 4.24. The molecule has 0 amide bonds. The molecular weight excluding hydrogens is 565 g/mol. The van der Waals surface area contributed by atoms with Crippen molar-refractivity contribution in [3.05, 3.63) is 170 Å². The monoisotopic (exact) mass is 592 g/mol. The number of nitrogens with zero attached hydrogens (tertiary/aromatic N) is 2. The van der Waals surface area contributed by atoms with Crippen molar-refractivity contribution in [2.75, 3.05) is 4.90 Å². The van der Waals surface area contributed by atoms with Crippen LogP contribution in [0.1, 0.15) is 0 Å². The summed E-state index contributed by atoms with van der Waals surface area (Å²) in [4.78, 5) is 2.44. The quantitative estimate of drug-likeness (QED) is 0.193. The Bertz CT molecular complexity index is 2490. The average Bonchev–Trinajstić information content (AvgIpc) is 3.66. The number of aromatic nitrogens is 1. The Morgan fingerprint density at radius 2 is 1.07 bits per heavy atom. The number of benzene rings is 7. The van der Waals surface area contributed by atoms with Gasteiger partial charge in [0.2, 0.25) is 0 Å². The van der Waals surface area contributed by atoms with Crippen LogP contribution in [0.25, 0.3) is 58.8 Å². The fraction of sp³-hybridized carbons (Fsp3) is 0. The molecule has 9 aromatic rings. The number of fused-ring (bicyclic) bond motifs is 6. The van der Waals surface area contributed by atoms with Gasteiger partial charge in [0.1, 0.15) is 0 Å². The van der Waals surface area contributed by atoms with Crippen molar-refractivity contribution >= 4 is 70.4 Å². The van der Waals surface area contributed by atoms with Crippen LogP contribution in [0, 0.1) is 0 Å². The number of anilines is 3. The number of thiophene rings is 1. The molecule has 7 aromatic carbocycles. The third-order valence-corrected chi connectivity index (χ3v) is 9.97. The van der Waals surface area contributed by atoms with Gasteiger partial charge in [0.05, 0.1) is 21.4 Å². The second-order valence-electron chi connectivity index (χ2n) is 11.4. The highest BCUT2D eigenvalue weighted by molar-refractivity contribution is 7.26. The van der Waals surface area contributed by atoms with Crippen LogP contribution in [0.2, 0.25) is 0 Å². The molecule has 0 spiro atoms. The summed E-state index contributed by atoms with van der Waals surface area (Å²) in [5.74, 6) is 0. The van der Waals surface area contributed by atoms with E-state index in [1.807, 2.05) is 11.3 Å². The van der Waals surface area contributed by atoms with E-state index < -0.39 is 0 Å². The number of hydrogen-bond donors (Lipinski definition) is 0. The van der Waals surface area contributed by atoms with Gasteiger partial charge in [0.15, 0.2) is 0 Å². The van der Waals surface area contributed by atoms with E-state index >= 15 is 0 Å². The highest BCUT2D eigenvalue weighted by Crippen LogP contribution is 2.46. The zero-order chi connectivity index (χ0) is 29.7. The highest BCUT2D eigenvalue weighted by Gasteiger charge is 2.20. The predicted molar refractivity (Wildman–Crippen MR) is 194 cm³/mol. The molecule has 0 fully saturated rings. The lowest BCUT2D eigenvalue weighted by atomic mass is 10.0. The maximum absolute atomic E-state index is 2.44. The standard InChI is InChI=1S/C42H28N2S/c1-3-13-29(14-4-1)30-15-11-18-32(27-30)43(40-23-12-21-36-35-20-8-10-24-41(35)45-42(36)40)33-25-26-39-37(28-33)34-19-7-9-22-38(34)44(39)31-16-5-2-6-17-31/h1-28H. The Kier molecular flexibility index (Phi) is 6.03. The summed E-state index contributed by atoms with van der Waals surface area (Å²) >= 11 is 1.87. The first-order chi connectivity index (χ1) is 22.3. The largest absolute Gasteiger partial charge is 0.309 e. The molecule has 0 unspecified atom stereocenters. The molecule has 0 aliphatic heterocycles. The summed E-state index contributed by atoms with van der Waals surface area (Å²) in [7, 11) is 0. The van der Waals surface area contributed by atoms with Crippen molar-refractivity contribution in [3.8, 4) is 16.8 Å². The molecule has 0 radical (unpaired) electrons. The lowest BCUT2D eigenvalue weighted by Gasteiger charge is -2.27. The predicted octanol–water partition coefficient (Wildman–Crippen LogP) is 12.3. The molecule has 0 aliphatic carbocycles. The van der Waals surface area contributed by atoms with Crippen molar-refractivity contribution in [3.63, 3.8) is 0 Å². The molecule has 9 rings (SSSR count). The maximum atomic E-state index is 2.44. The van der Waals surface area contributed by atoms with Gasteiger partial charge in [-0.1, -0.05) is 109 Å². The molecule has 3 heteroatoms. The van der Waals surface area contributed by atoms with Gasteiger partial charge >= 0.3 is 0 Å². The summed E-state index contributed by atoms with van der Waals surface area (Å²) in [5.41, 5.74) is 9.43. The van der Waals surface area contributed by atoms with Crippen molar-refractivity contribution < 1.29 is 0 Å². The van der Waals surface area contributed by atoms with Gasteiger partial charge in [-0.2, -0.15) is 0 Å². The molecule has 0 bridgehead atoms. The van der Waals surface area contributed by atoms with Gasteiger partial charge in [-0.15, -0.1) is 11.3 Å². The Morgan fingerprint density at radius 3 is 1.93 bits per heavy atom. The number of hydrogen-bond acceptors (Lipinski definition) is 2. The summed E-state index contributed by atoms with van der Waals surface area (Å²) in [6.07, 6.45) is 0. The summed E-state index contributed by atoms with van der Waals surface area (Å²) in [5, 5.41) is 5.08. The van der Waals surface area contributed by atoms with Gasteiger partial charge < -0.3 is 9.47 Å². The van der Waals surface area contributed by atoms with E-state index in [4.69, 9.17) is 0 Å². The van der Waals surface area contributed by atoms with Gasteiger partial charge in [-0.05, 0) is 71.8 Å². The lowest BCUT2D eigenvalue weighted by Crippen LogP contribution is -2.10. The highest BCUT2D eigenvalue weighted by atomic mass is 32.1. The fourth-order valence-electron chi connectivity index (χ4n) is 6.75. The van der Waals surface area contributed by atoms with Crippen LogP contribution in [-0.4, -0.2) is 4.57 Å². The fourth-order valence-corrected chi connectivity index (χ4v) is 7.95. The van der Waals surface area contributed by atoms with Crippen molar-refractivity contribution in [1.82, 2.24) is 4.57 Å². The minimum absolute atomic E-state index is 1.13. The molecule has 212 valence electrons. The van der Waals surface area contributed by atoms with Crippen molar-refractivity contribution in [2.45, 2.75) is 0 Å². The minimum Gasteiger partial charge on any atom is -0.309 e. The molecule has 2 aromatic heterocycles. The smallest absolute Gasteiger partial charge is 0.0640 e. The Hall–Kier alpha value is -5.64. The molecule has 0 N–H and O–H groups in total. The zero-order valence-corrected chi connectivity index (χ0v) is 25.3. The Morgan fingerprint density at radius 1 is 0.422 bits per heavy atom. The Balaban J connectivity index is 1.32. The maximum Gasteiger partial charge on any atom is 0.0640 e. The summed E-state index contributed by atoms with van der Waals surface area (Å²) < 4.78 is 4.97. The van der Waals surface area contributed by atoms with Crippen LogP contribution < -0.4 is 4.90 Å². The van der Waals surface area contributed by atoms with Gasteiger partial charge in [-0.3, -0.25) is 0 Å². The minimum atomic E-state index is 1.13. The topological polar surface area (TPSA) is 8.17 Å². The normalized spacial score (nSPS) is 11.6. The number of rotatable bonds is 5. The first kappa shape index (κ1) is 25.8. The van der Waals surface area contributed by atoms with Crippen LogP contribution in [0.4, 0.5) is 17.1 Å². The van der Waals surface area contributed by atoms with E-state index in [0.717, 1.165) is 11.4 Å². The molecule has 45 heavy (non-hydrogen) atoms. The van der Waals surface area contributed by atoms with Crippen LogP contribution >= 0.6 is 11.3 Å². The van der Waals surface area contributed by atoms with Gasteiger partial charge in [-0.25, -0.2) is 0 Å². The molecule has 0 atom stereocenters. The number of para-hydroxylation sites is 2. The van der Waals surface area contributed by atoms with E-state index in [1.54, 1.807) is 0 Å². The molecule has 0 aliphatic rings. The van der Waals surface area contributed by atoms with Crippen LogP contribution in [-0.2, 0) is 0 Å². The Labute approximate surface area is 265 Å². The SMILES string of the molecule is c1ccc(-c2cccc(N(c3ccc4c(c3)c3ccccc3n4-c3ccccc3)c3cccc4c3sc3ccccc34)c2)cc1. The first-order valence-corrected chi connectivity index (χ1v) is 16.1. The summed E-state index contributed by atoms with van der Waals surface area (Å²) in [6.45, 7) is 0. The van der Waals surface area contributed by atoms with Gasteiger partial charge in [0.25, 0.3) is 0 Å². The van der Waals surface area contributed by atoms with E-state index in [9.17, 15) is 0 Å². The second kappa shape index (κ2) is 10.5. The van der Waals surface area contributed by atoms with Gasteiger partial charge in [0, 0.05) is 43.3 Å². The van der Waals surface area contributed by atoms with E-state index in [1.165, 1.54) is 64.5 Å². The van der Waals surface area contributed by atoms with Crippen LogP contribution in [0.5, 0.6) is 0 Å². The van der Waals surface area contributed by atoms with Crippen LogP contribution in [0.15, 0.2) is 170 Å². The van der Waals surface area contributed by atoms with E-state index in [2.05, 4.69) is 179 Å². The molecule has 0 saturated carbocycles. The first-order valence-electron chi connectivity index (χ1n) is 15.3. The van der Waals surface area contributed by atoms with E-state index in [-0.39, 0.29) is 0 Å². The van der Waals surface area contributed by atoms with Crippen molar-refractivity contribution in [1.29, 1.82) is 0 Å². The zero-order valence-electron chi connectivity index (χ0n) is 24.5.